The highest BCUT2D eigenvalue weighted by atomic mass is 14.9. The fourth-order valence-electron chi connectivity index (χ4n) is 1.46. The van der Waals surface area contributed by atoms with E-state index in [1.807, 2.05) is 6.21 Å². The molecule has 0 saturated heterocycles. The van der Waals surface area contributed by atoms with Crippen LogP contribution in [0.1, 0.15) is 6.42 Å². The first-order valence-corrected chi connectivity index (χ1v) is 4.06. The van der Waals surface area contributed by atoms with Crippen LogP contribution in [-0.4, -0.2) is 25.8 Å². The minimum atomic E-state index is 0.840. The highest BCUT2D eigenvalue weighted by molar-refractivity contribution is 5.82. The van der Waals surface area contributed by atoms with Crippen molar-refractivity contribution in [1.82, 2.24) is 5.32 Å². The largest absolute Gasteiger partial charge is 0.312 e. The predicted molar refractivity (Wildman–Crippen MR) is 47.0 cm³/mol. The van der Waals surface area contributed by atoms with Gasteiger partial charge in [-0.05, 0) is 24.1 Å². The number of nitrogens with one attached hydrogen (secondary N) is 1. The number of rotatable bonds is 0. The van der Waals surface area contributed by atoms with E-state index in [-0.39, 0.29) is 0 Å². The van der Waals surface area contributed by atoms with Gasteiger partial charge in [0.2, 0.25) is 0 Å². The van der Waals surface area contributed by atoms with Crippen LogP contribution in [-0.2, 0) is 0 Å². The monoisotopic (exact) mass is 148 g/mol. The van der Waals surface area contributed by atoms with Gasteiger partial charge < -0.3 is 5.32 Å². The van der Waals surface area contributed by atoms with Gasteiger partial charge in [0.15, 0.2) is 0 Å². The number of aliphatic imine (C=N–C) groups is 1. The van der Waals surface area contributed by atoms with E-state index in [0.29, 0.717) is 0 Å². The SMILES string of the molecule is C1=CC2=C(C=NC1)CNCC2. The third kappa shape index (κ3) is 1.40. The lowest BCUT2D eigenvalue weighted by Gasteiger charge is -2.15. The van der Waals surface area contributed by atoms with Crippen molar-refractivity contribution >= 4 is 6.21 Å². The average Bonchev–Trinajstić information content (AvgIpc) is 2.28. The second-order valence-corrected chi connectivity index (χ2v) is 2.87. The number of nitrogens with zero attached hydrogens (tertiary/aromatic N) is 1. The Labute approximate surface area is 66.7 Å². The van der Waals surface area contributed by atoms with Crippen LogP contribution < -0.4 is 5.32 Å². The van der Waals surface area contributed by atoms with Gasteiger partial charge >= 0.3 is 0 Å². The smallest absolute Gasteiger partial charge is 0.0573 e. The summed E-state index contributed by atoms with van der Waals surface area (Å²) >= 11 is 0. The highest BCUT2D eigenvalue weighted by Crippen LogP contribution is 2.13. The molecule has 2 rings (SSSR count). The molecular weight excluding hydrogens is 136 g/mol. The van der Waals surface area contributed by atoms with Gasteiger partial charge in [-0.25, -0.2) is 0 Å². The van der Waals surface area contributed by atoms with Crippen molar-refractivity contribution in [3.05, 3.63) is 23.3 Å². The Morgan fingerprint density at radius 1 is 1.36 bits per heavy atom. The molecule has 2 heteroatoms. The predicted octanol–water partition coefficient (Wildman–Crippen LogP) is 0.917. The van der Waals surface area contributed by atoms with Gasteiger partial charge in [-0.3, -0.25) is 4.99 Å². The molecule has 0 atom stereocenters. The summed E-state index contributed by atoms with van der Waals surface area (Å²) in [7, 11) is 0. The van der Waals surface area contributed by atoms with E-state index >= 15 is 0 Å². The van der Waals surface area contributed by atoms with Crippen LogP contribution in [0.3, 0.4) is 0 Å². The molecule has 2 aliphatic rings. The Bertz CT molecular complexity index is 212. The fraction of sp³-hybridized carbons (Fsp3) is 0.444. The summed E-state index contributed by atoms with van der Waals surface area (Å²) in [5, 5.41) is 3.33. The number of hydrogen-bond acceptors (Lipinski definition) is 2. The van der Waals surface area contributed by atoms with Crippen LogP contribution in [0.2, 0.25) is 0 Å². The molecular formula is C9H12N2. The first kappa shape index (κ1) is 6.80. The third-order valence-electron chi connectivity index (χ3n) is 2.08. The maximum absolute atomic E-state index is 4.25. The normalized spacial score (nSPS) is 23.3. The van der Waals surface area contributed by atoms with Gasteiger partial charge in [0.1, 0.15) is 0 Å². The van der Waals surface area contributed by atoms with Crippen molar-refractivity contribution in [2.75, 3.05) is 19.6 Å². The van der Waals surface area contributed by atoms with E-state index < -0.39 is 0 Å². The summed E-state index contributed by atoms with van der Waals surface area (Å²) in [6.45, 7) is 2.94. The third-order valence-corrected chi connectivity index (χ3v) is 2.08. The van der Waals surface area contributed by atoms with E-state index in [4.69, 9.17) is 0 Å². The van der Waals surface area contributed by atoms with Crippen LogP contribution in [0.5, 0.6) is 0 Å². The molecule has 2 heterocycles. The molecule has 2 nitrogen and oxygen atoms in total. The Morgan fingerprint density at radius 3 is 3.36 bits per heavy atom. The van der Waals surface area contributed by atoms with Gasteiger partial charge in [0.05, 0.1) is 6.54 Å². The molecule has 0 aromatic carbocycles. The second-order valence-electron chi connectivity index (χ2n) is 2.87. The molecule has 1 N–H and O–H groups in total. The molecule has 11 heavy (non-hydrogen) atoms. The quantitative estimate of drug-likeness (QED) is 0.542. The zero-order valence-corrected chi connectivity index (χ0v) is 6.51. The molecule has 0 aliphatic carbocycles. The first-order chi connectivity index (χ1) is 5.47. The maximum atomic E-state index is 4.25. The van der Waals surface area contributed by atoms with Crippen molar-refractivity contribution in [1.29, 1.82) is 0 Å². The van der Waals surface area contributed by atoms with Crippen LogP contribution in [0, 0.1) is 0 Å². The maximum Gasteiger partial charge on any atom is 0.0573 e. The van der Waals surface area contributed by atoms with Crippen molar-refractivity contribution in [3.8, 4) is 0 Å². The van der Waals surface area contributed by atoms with Crippen molar-refractivity contribution in [2.24, 2.45) is 4.99 Å². The lowest BCUT2D eigenvalue weighted by molar-refractivity contribution is 0.702. The molecule has 0 spiro atoms. The van der Waals surface area contributed by atoms with E-state index in [1.165, 1.54) is 11.1 Å². The minimum absolute atomic E-state index is 0.840. The summed E-state index contributed by atoms with van der Waals surface area (Å²) in [6, 6.07) is 0. The van der Waals surface area contributed by atoms with Gasteiger partial charge in [-0.2, -0.15) is 0 Å². The van der Waals surface area contributed by atoms with Crippen LogP contribution >= 0.6 is 0 Å². The molecule has 0 bridgehead atoms. The van der Waals surface area contributed by atoms with E-state index in [2.05, 4.69) is 22.5 Å². The molecule has 0 unspecified atom stereocenters. The van der Waals surface area contributed by atoms with Crippen LogP contribution in [0.15, 0.2) is 28.3 Å². The van der Waals surface area contributed by atoms with E-state index in [9.17, 15) is 0 Å². The van der Waals surface area contributed by atoms with Crippen molar-refractivity contribution < 1.29 is 0 Å². The summed E-state index contributed by atoms with van der Waals surface area (Å²) in [5.41, 5.74) is 2.83. The number of hydrogen-bond donors (Lipinski definition) is 1. The summed E-state index contributed by atoms with van der Waals surface area (Å²) in [5.74, 6) is 0. The Morgan fingerprint density at radius 2 is 2.36 bits per heavy atom. The van der Waals surface area contributed by atoms with Crippen LogP contribution in [0.4, 0.5) is 0 Å². The Kier molecular flexibility index (Phi) is 1.86. The van der Waals surface area contributed by atoms with Gasteiger partial charge in [0, 0.05) is 12.8 Å². The van der Waals surface area contributed by atoms with Crippen molar-refractivity contribution in [2.45, 2.75) is 6.42 Å². The summed E-state index contributed by atoms with van der Waals surface area (Å²) in [6.07, 6.45) is 7.49. The Balaban J connectivity index is 2.31. The molecule has 0 amide bonds. The minimum Gasteiger partial charge on any atom is -0.312 e. The van der Waals surface area contributed by atoms with Gasteiger partial charge in [-0.15, -0.1) is 0 Å². The Hall–Kier alpha value is -0.890. The average molecular weight is 148 g/mol. The lowest BCUT2D eigenvalue weighted by Crippen LogP contribution is -2.25. The lowest BCUT2D eigenvalue weighted by atomic mass is 10.0. The molecule has 0 fully saturated rings. The van der Waals surface area contributed by atoms with Crippen LogP contribution in [0.25, 0.3) is 0 Å². The summed E-state index contributed by atoms with van der Waals surface area (Å²) < 4.78 is 0. The number of allylic oxidation sites excluding steroid dienone is 1. The molecule has 0 aromatic heterocycles. The van der Waals surface area contributed by atoms with Crippen molar-refractivity contribution in [3.63, 3.8) is 0 Å². The molecule has 0 saturated carbocycles. The highest BCUT2D eigenvalue weighted by Gasteiger charge is 2.08. The zero-order valence-electron chi connectivity index (χ0n) is 6.51. The van der Waals surface area contributed by atoms with E-state index in [0.717, 1.165) is 26.1 Å². The topological polar surface area (TPSA) is 24.4 Å². The molecule has 58 valence electrons. The van der Waals surface area contributed by atoms with Gasteiger partial charge in [0.25, 0.3) is 0 Å². The van der Waals surface area contributed by atoms with E-state index in [1.54, 1.807) is 0 Å². The molecule has 0 aromatic rings. The first-order valence-electron chi connectivity index (χ1n) is 4.06. The standard InChI is InChI=1S/C9H12N2/c1-2-8-3-5-11-7-9(8)6-10-4-1/h1-2,6,11H,3-5,7H2. The molecule has 2 aliphatic heterocycles. The zero-order chi connectivity index (χ0) is 7.52. The van der Waals surface area contributed by atoms with Gasteiger partial charge in [-0.1, -0.05) is 12.2 Å². The summed E-state index contributed by atoms with van der Waals surface area (Å²) in [4.78, 5) is 4.25. The second kappa shape index (κ2) is 3.01. The molecule has 0 radical (unpaired) electrons. The fourth-order valence-corrected chi connectivity index (χ4v) is 1.46.